The smallest absolute Gasteiger partial charge is 0.221 e. The van der Waals surface area contributed by atoms with Crippen molar-refractivity contribution >= 4 is 23.7 Å². The lowest BCUT2D eigenvalue weighted by Gasteiger charge is -2.13. The van der Waals surface area contributed by atoms with Crippen molar-refractivity contribution in [2.75, 3.05) is 18.9 Å². The third-order valence-electron chi connectivity index (χ3n) is 2.59. The third kappa shape index (κ3) is 4.18. The molecule has 0 fully saturated rings. The van der Waals surface area contributed by atoms with Crippen LogP contribution in [-0.4, -0.2) is 37.6 Å². The number of nitrogens with one attached hydrogen (secondary N) is 2. The summed E-state index contributed by atoms with van der Waals surface area (Å²) in [5.41, 5.74) is 6.63. The summed E-state index contributed by atoms with van der Waals surface area (Å²) in [6.45, 7) is 0.106. The topological polar surface area (TPSA) is 101 Å². The van der Waals surface area contributed by atoms with Crippen molar-refractivity contribution in [3.63, 3.8) is 0 Å². The highest BCUT2D eigenvalue weighted by Crippen LogP contribution is 2.17. The van der Waals surface area contributed by atoms with Crippen molar-refractivity contribution in [1.29, 1.82) is 0 Å². The van der Waals surface area contributed by atoms with Gasteiger partial charge in [0.15, 0.2) is 5.78 Å². The van der Waals surface area contributed by atoms with Gasteiger partial charge in [0.1, 0.15) is 6.29 Å². The summed E-state index contributed by atoms with van der Waals surface area (Å²) in [6.07, 6.45) is 0.628. The SMILES string of the molecule is CNC(=O)CC(N)C(=O)c1ccccc1NCC=O. The summed E-state index contributed by atoms with van der Waals surface area (Å²) in [4.78, 5) is 33.7. The highest BCUT2D eigenvalue weighted by Gasteiger charge is 2.20. The molecule has 0 aliphatic carbocycles. The van der Waals surface area contributed by atoms with Gasteiger partial charge in [-0.25, -0.2) is 0 Å². The lowest BCUT2D eigenvalue weighted by molar-refractivity contribution is -0.120. The Bertz CT molecular complexity index is 474. The van der Waals surface area contributed by atoms with Gasteiger partial charge in [0.05, 0.1) is 12.6 Å². The van der Waals surface area contributed by atoms with Crippen LogP contribution in [0.2, 0.25) is 0 Å². The van der Waals surface area contributed by atoms with E-state index in [1.165, 1.54) is 7.05 Å². The lowest BCUT2D eigenvalue weighted by Crippen LogP contribution is -2.36. The zero-order valence-corrected chi connectivity index (χ0v) is 10.7. The lowest BCUT2D eigenvalue weighted by atomic mass is 10.0. The first kappa shape index (κ1) is 14.8. The van der Waals surface area contributed by atoms with E-state index in [2.05, 4.69) is 10.6 Å². The fourth-order valence-electron chi connectivity index (χ4n) is 1.60. The third-order valence-corrected chi connectivity index (χ3v) is 2.59. The van der Waals surface area contributed by atoms with E-state index in [1.54, 1.807) is 24.3 Å². The van der Waals surface area contributed by atoms with Gasteiger partial charge in [-0.1, -0.05) is 12.1 Å². The molecule has 19 heavy (non-hydrogen) atoms. The van der Waals surface area contributed by atoms with Gasteiger partial charge in [0, 0.05) is 24.7 Å². The van der Waals surface area contributed by atoms with Crippen molar-refractivity contribution in [3.05, 3.63) is 29.8 Å². The number of hydrogen-bond acceptors (Lipinski definition) is 5. The molecule has 0 heterocycles. The Labute approximate surface area is 111 Å². The fraction of sp³-hybridized carbons (Fsp3) is 0.308. The predicted octanol–water partition coefficient (Wildman–Crippen LogP) is -0.0565. The van der Waals surface area contributed by atoms with E-state index in [9.17, 15) is 14.4 Å². The molecule has 6 nitrogen and oxygen atoms in total. The van der Waals surface area contributed by atoms with E-state index in [0.717, 1.165) is 0 Å². The van der Waals surface area contributed by atoms with Crippen LogP contribution in [0.4, 0.5) is 5.69 Å². The Morgan fingerprint density at radius 2 is 2.05 bits per heavy atom. The summed E-state index contributed by atoms with van der Waals surface area (Å²) in [5, 5.41) is 5.24. The number of amides is 1. The molecule has 102 valence electrons. The van der Waals surface area contributed by atoms with Crippen molar-refractivity contribution in [1.82, 2.24) is 5.32 Å². The summed E-state index contributed by atoms with van der Waals surface area (Å²) in [5.74, 6) is -0.628. The number of Topliss-reactive ketones (excluding diaryl/α,β-unsaturated/α-hetero) is 1. The van der Waals surface area contributed by atoms with Crippen LogP contribution in [0.25, 0.3) is 0 Å². The number of rotatable bonds is 7. The van der Waals surface area contributed by atoms with E-state index in [-0.39, 0.29) is 24.7 Å². The summed E-state index contributed by atoms with van der Waals surface area (Å²) in [6, 6.07) is 5.84. The van der Waals surface area contributed by atoms with Crippen molar-refractivity contribution in [2.45, 2.75) is 12.5 Å². The molecule has 1 atom stereocenters. The number of carbonyl (C=O) groups excluding carboxylic acids is 3. The van der Waals surface area contributed by atoms with E-state index in [4.69, 9.17) is 5.73 Å². The van der Waals surface area contributed by atoms with Crippen LogP contribution >= 0.6 is 0 Å². The molecule has 1 rings (SSSR count). The largest absolute Gasteiger partial charge is 0.378 e. The Morgan fingerprint density at radius 1 is 1.37 bits per heavy atom. The summed E-state index contributed by atoms with van der Waals surface area (Å²) in [7, 11) is 1.49. The number of benzene rings is 1. The Hall–Kier alpha value is -2.21. The predicted molar refractivity (Wildman–Crippen MR) is 72.0 cm³/mol. The molecule has 0 bridgehead atoms. The zero-order chi connectivity index (χ0) is 14.3. The van der Waals surface area contributed by atoms with Crippen LogP contribution in [-0.2, 0) is 9.59 Å². The highest BCUT2D eigenvalue weighted by molar-refractivity contribution is 6.06. The molecule has 1 aromatic carbocycles. The molecule has 0 saturated heterocycles. The maximum Gasteiger partial charge on any atom is 0.221 e. The molecule has 1 unspecified atom stereocenters. The summed E-state index contributed by atoms with van der Waals surface area (Å²) >= 11 is 0. The number of para-hydroxylation sites is 1. The molecule has 0 radical (unpaired) electrons. The molecular formula is C13H17N3O3. The first-order chi connectivity index (χ1) is 9.10. The molecule has 0 aliphatic rings. The van der Waals surface area contributed by atoms with Gasteiger partial charge in [0.25, 0.3) is 0 Å². The minimum atomic E-state index is -0.904. The van der Waals surface area contributed by atoms with Crippen molar-refractivity contribution < 1.29 is 14.4 Å². The number of carbonyl (C=O) groups is 3. The molecule has 0 spiro atoms. The van der Waals surface area contributed by atoms with Gasteiger partial charge in [-0.3, -0.25) is 9.59 Å². The minimum Gasteiger partial charge on any atom is -0.378 e. The number of hydrogen-bond donors (Lipinski definition) is 3. The van der Waals surface area contributed by atoms with Crippen LogP contribution in [0.15, 0.2) is 24.3 Å². The standard InChI is InChI=1S/C13H17N3O3/c1-15-12(18)8-10(14)13(19)9-4-2-3-5-11(9)16-6-7-17/h2-5,7,10,16H,6,8,14H2,1H3,(H,15,18). The van der Waals surface area contributed by atoms with E-state index in [1.807, 2.05) is 0 Å². The van der Waals surface area contributed by atoms with Crippen LogP contribution in [0, 0.1) is 0 Å². The number of nitrogens with two attached hydrogens (primary N) is 1. The molecule has 1 aromatic rings. The van der Waals surface area contributed by atoms with Crippen molar-refractivity contribution in [2.24, 2.45) is 5.73 Å². The molecule has 4 N–H and O–H groups in total. The second-order valence-electron chi connectivity index (χ2n) is 3.94. The average molecular weight is 263 g/mol. The first-order valence-corrected chi connectivity index (χ1v) is 5.87. The van der Waals surface area contributed by atoms with Gasteiger partial charge >= 0.3 is 0 Å². The van der Waals surface area contributed by atoms with E-state index >= 15 is 0 Å². The molecular weight excluding hydrogens is 246 g/mol. The Kier molecular flexibility index (Phi) is 5.69. The fourth-order valence-corrected chi connectivity index (χ4v) is 1.60. The van der Waals surface area contributed by atoms with Gasteiger partial charge in [-0.15, -0.1) is 0 Å². The van der Waals surface area contributed by atoms with Gasteiger partial charge in [0.2, 0.25) is 5.91 Å². The maximum atomic E-state index is 12.1. The van der Waals surface area contributed by atoms with Crippen LogP contribution in [0.3, 0.4) is 0 Å². The monoisotopic (exact) mass is 263 g/mol. The minimum absolute atomic E-state index is 0.0721. The maximum absolute atomic E-state index is 12.1. The van der Waals surface area contributed by atoms with Crippen LogP contribution in [0.1, 0.15) is 16.8 Å². The van der Waals surface area contributed by atoms with E-state index in [0.29, 0.717) is 17.5 Å². The zero-order valence-electron chi connectivity index (χ0n) is 10.7. The highest BCUT2D eigenvalue weighted by atomic mass is 16.2. The molecule has 0 aliphatic heterocycles. The molecule has 6 heteroatoms. The normalized spacial score (nSPS) is 11.5. The van der Waals surface area contributed by atoms with Crippen LogP contribution in [0.5, 0.6) is 0 Å². The number of aldehydes is 1. The van der Waals surface area contributed by atoms with Crippen molar-refractivity contribution in [3.8, 4) is 0 Å². The number of ketones is 1. The number of anilines is 1. The Balaban J connectivity index is 2.86. The molecule has 0 aromatic heterocycles. The summed E-state index contributed by atoms with van der Waals surface area (Å²) < 4.78 is 0. The Morgan fingerprint density at radius 3 is 2.68 bits per heavy atom. The molecule has 0 saturated carbocycles. The van der Waals surface area contributed by atoms with Crippen LogP contribution < -0.4 is 16.4 Å². The average Bonchev–Trinajstić information content (AvgIpc) is 2.44. The first-order valence-electron chi connectivity index (χ1n) is 5.87. The van der Waals surface area contributed by atoms with Gasteiger partial charge in [-0.2, -0.15) is 0 Å². The second-order valence-corrected chi connectivity index (χ2v) is 3.94. The van der Waals surface area contributed by atoms with Gasteiger partial charge in [-0.05, 0) is 12.1 Å². The molecule has 1 amide bonds. The quantitative estimate of drug-likeness (QED) is 0.472. The van der Waals surface area contributed by atoms with Gasteiger partial charge < -0.3 is 21.2 Å². The second kappa shape index (κ2) is 7.27. The van der Waals surface area contributed by atoms with E-state index < -0.39 is 6.04 Å².